The summed E-state index contributed by atoms with van der Waals surface area (Å²) < 4.78 is 27.2. The molecule has 0 aliphatic carbocycles. The summed E-state index contributed by atoms with van der Waals surface area (Å²) in [6.07, 6.45) is 3.13. The summed E-state index contributed by atoms with van der Waals surface area (Å²) in [6, 6.07) is 6.76. The fraction of sp³-hybridized carbons (Fsp3) is 0.214. The van der Waals surface area contributed by atoms with Crippen LogP contribution in [0.15, 0.2) is 47.6 Å². The van der Waals surface area contributed by atoms with Crippen LogP contribution in [0.4, 0.5) is 5.69 Å². The molecule has 0 saturated carbocycles. The number of nitro groups is 1. The SMILES string of the molecule is Cc1ccc(S(=O)(=O)NC(C)c2ccncc2)cc1[N+](=O)[O-]. The van der Waals surface area contributed by atoms with Gasteiger partial charge in [-0.05, 0) is 37.6 Å². The molecule has 7 nitrogen and oxygen atoms in total. The summed E-state index contributed by atoms with van der Waals surface area (Å²) in [4.78, 5) is 14.1. The molecule has 8 heteroatoms. The Labute approximate surface area is 128 Å². The third-order valence-electron chi connectivity index (χ3n) is 3.23. The highest BCUT2D eigenvalue weighted by molar-refractivity contribution is 7.89. The number of rotatable bonds is 5. The quantitative estimate of drug-likeness (QED) is 0.672. The molecule has 2 rings (SSSR count). The molecule has 0 radical (unpaired) electrons. The monoisotopic (exact) mass is 321 g/mol. The van der Waals surface area contributed by atoms with Gasteiger partial charge in [-0.25, -0.2) is 13.1 Å². The van der Waals surface area contributed by atoms with Crippen molar-refractivity contribution in [2.75, 3.05) is 0 Å². The van der Waals surface area contributed by atoms with Crippen molar-refractivity contribution >= 4 is 15.7 Å². The Hall–Kier alpha value is -2.32. The van der Waals surface area contributed by atoms with Crippen molar-refractivity contribution in [2.24, 2.45) is 0 Å². The smallest absolute Gasteiger partial charge is 0.265 e. The van der Waals surface area contributed by atoms with Crippen LogP contribution in [0.25, 0.3) is 0 Å². The molecule has 0 spiro atoms. The van der Waals surface area contributed by atoms with Crippen LogP contribution >= 0.6 is 0 Å². The van der Waals surface area contributed by atoms with E-state index in [0.717, 1.165) is 11.6 Å². The van der Waals surface area contributed by atoms with Crippen LogP contribution in [0.2, 0.25) is 0 Å². The molecule has 0 aliphatic rings. The summed E-state index contributed by atoms with van der Waals surface area (Å²) in [5.74, 6) is 0. The summed E-state index contributed by atoms with van der Waals surface area (Å²) >= 11 is 0. The molecule has 1 atom stereocenters. The molecule has 1 N–H and O–H groups in total. The van der Waals surface area contributed by atoms with Gasteiger partial charge in [-0.15, -0.1) is 0 Å². The molecule has 116 valence electrons. The Morgan fingerprint density at radius 2 is 1.86 bits per heavy atom. The van der Waals surface area contributed by atoms with Crippen LogP contribution in [-0.2, 0) is 10.0 Å². The molecule has 1 aromatic carbocycles. The predicted octanol–water partition coefficient (Wildman–Crippen LogP) is 2.34. The van der Waals surface area contributed by atoms with Crippen LogP contribution in [0.1, 0.15) is 24.1 Å². The molecule has 1 aromatic heterocycles. The minimum atomic E-state index is -3.86. The first-order valence-electron chi connectivity index (χ1n) is 6.48. The molecule has 0 aliphatic heterocycles. The number of nitrogens with zero attached hydrogens (tertiary/aromatic N) is 2. The fourth-order valence-corrected chi connectivity index (χ4v) is 3.23. The van der Waals surface area contributed by atoms with E-state index in [2.05, 4.69) is 9.71 Å². The lowest BCUT2D eigenvalue weighted by Crippen LogP contribution is -2.27. The van der Waals surface area contributed by atoms with Gasteiger partial charge >= 0.3 is 0 Å². The van der Waals surface area contributed by atoms with Gasteiger partial charge in [-0.1, -0.05) is 6.07 Å². The minimum Gasteiger partial charge on any atom is -0.265 e. The molecule has 0 saturated heterocycles. The highest BCUT2D eigenvalue weighted by Gasteiger charge is 2.22. The predicted molar refractivity (Wildman–Crippen MR) is 80.8 cm³/mol. The van der Waals surface area contributed by atoms with Crippen molar-refractivity contribution in [3.63, 3.8) is 0 Å². The lowest BCUT2D eigenvalue weighted by atomic mass is 10.1. The highest BCUT2D eigenvalue weighted by atomic mass is 32.2. The van der Waals surface area contributed by atoms with Crippen molar-refractivity contribution in [1.82, 2.24) is 9.71 Å². The Bertz CT molecular complexity index is 791. The van der Waals surface area contributed by atoms with E-state index in [-0.39, 0.29) is 10.6 Å². The second-order valence-corrected chi connectivity index (χ2v) is 6.54. The van der Waals surface area contributed by atoms with Crippen LogP contribution < -0.4 is 4.72 Å². The standard InChI is InChI=1S/C14H15N3O4S/c1-10-3-4-13(9-14(10)17(18)19)22(20,21)16-11(2)12-5-7-15-8-6-12/h3-9,11,16H,1-2H3. The second kappa shape index (κ2) is 6.20. The van der Waals surface area contributed by atoms with Crippen molar-refractivity contribution in [2.45, 2.75) is 24.8 Å². The minimum absolute atomic E-state index is 0.134. The van der Waals surface area contributed by atoms with Gasteiger partial charge in [0, 0.05) is 30.1 Å². The number of hydrogen-bond donors (Lipinski definition) is 1. The molecular formula is C14H15N3O4S. The Kier molecular flexibility index (Phi) is 4.53. The molecule has 1 heterocycles. The van der Waals surface area contributed by atoms with Crippen LogP contribution in [0, 0.1) is 17.0 Å². The van der Waals surface area contributed by atoms with Crippen LogP contribution in [-0.4, -0.2) is 18.3 Å². The largest absolute Gasteiger partial charge is 0.273 e. The van der Waals surface area contributed by atoms with Gasteiger partial charge in [0.2, 0.25) is 10.0 Å². The summed E-state index contributed by atoms with van der Waals surface area (Å²) in [5.41, 5.74) is 0.936. The molecular weight excluding hydrogens is 306 g/mol. The highest BCUT2D eigenvalue weighted by Crippen LogP contribution is 2.23. The molecule has 0 fully saturated rings. The van der Waals surface area contributed by atoms with E-state index in [0.29, 0.717) is 5.56 Å². The fourth-order valence-electron chi connectivity index (χ4n) is 1.97. The van der Waals surface area contributed by atoms with E-state index in [4.69, 9.17) is 0 Å². The van der Waals surface area contributed by atoms with Crippen molar-refractivity contribution in [3.05, 3.63) is 64.0 Å². The number of sulfonamides is 1. The number of aromatic nitrogens is 1. The molecule has 0 bridgehead atoms. The molecule has 2 aromatic rings. The van der Waals surface area contributed by atoms with Gasteiger partial charge in [0.25, 0.3) is 5.69 Å². The summed E-state index contributed by atoms with van der Waals surface area (Å²) in [5, 5.41) is 10.9. The topological polar surface area (TPSA) is 102 Å². The van der Waals surface area contributed by atoms with Gasteiger partial charge in [-0.2, -0.15) is 0 Å². The number of pyridine rings is 1. The number of benzene rings is 1. The average molecular weight is 321 g/mol. The summed E-state index contributed by atoms with van der Waals surface area (Å²) in [7, 11) is -3.86. The number of hydrogen-bond acceptors (Lipinski definition) is 5. The van der Waals surface area contributed by atoms with E-state index in [9.17, 15) is 18.5 Å². The van der Waals surface area contributed by atoms with Gasteiger partial charge in [0.15, 0.2) is 0 Å². The van der Waals surface area contributed by atoms with Gasteiger partial charge < -0.3 is 0 Å². The zero-order valence-corrected chi connectivity index (χ0v) is 12.9. The average Bonchev–Trinajstić information content (AvgIpc) is 2.47. The van der Waals surface area contributed by atoms with Gasteiger partial charge in [0.1, 0.15) is 0 Å². The zero-order chi connectivity index (χ0) is 16.3. The maximum absolute atomic E-state index is 12.4. The Morgan fingerprint density at radius 1 is 1.23 bits per heavy atom. The van der Waals surface area contributed by atoms with Crippen LogP contribution in [0.5, 0.6) is 0 Å². The Morgan fingerprint density at radius 3 is 2.45 bits per heavy atom. The van der Waals surface area contributed by atoms with Crippen molar-refractivity contribution < 1.29 is 13.3 Å². The summed E-state index contributed by atoms with van der Waals surface area (Å²) in [6.45, 7) is 3.25. The Balaban J connectivity index is 2.31. The first-order chi connectivity index (χ1) is 10.3. The normalized spacial score (nSPS) is 12.8. The van der Waals surface area contributed by atoms with Crippen LogP contribution in [0.3, 0.4) is 0 Å². The first kappa shape index (κ1) is 16.1. The van der Waals surface area contributed by atoms with E-state index in [1.54, 1.807) is 38.4 Å². The van der Waals surface area contributed by atoms with E-state index in [1.165, 1.54) is 12.1 Å². The maximum Gasteiger partial charge on any atom is 0.273 e. The second-order valence-electron chi connectivity index (χ2n) is 4.83. The molecule has 1 unspecified atom stereocenters. The van der Waals surface area contributed by atoms with Gasteiger partial charge in [0.05, 0.1) is 9.82 Å². The van der Waals surface area contributed by atoms with Crippen molar-refractivity contribution in [3.8, 4) is 0 Å². The third kappa shape index (κ3) is 3.46. The van der Waals surface area contributed by atoms with Crippen molar-refractivity contribution in [1.29, 1.82) is 0 Å². The lowest BCUT2D eigenvalue weighted by molar-refractivity contribution is -0.385. The molecule has 0 amide bonds. The zero-order valence-electron chi connectivity index (χ0n) is 12.1. The van der Waals surface area contributed by atoms with Gasteiger partial charge in [-0.3, -0.25) is 15.1 Å². The van der Waals surface area contributed by atoms with E-state index >= 15 is 0 Å². The number of aryl methyl sites for hydroxylation is 1. The number of nitrogens with one attached hydrogen (secondary N) is 1. The maximum atomic E-state index is 12.4. The lowest BCUT2D eigenvalue weighted by Gasteiger charge is -2.14. The van der Waals surface area contributed by atoms with E-state index in [1.807, 2.05) is 0 Å². The first-order valence-corrected chi connectivity index (χ1v) is 7.97. The number of nitro benzene ring substituents is 1. The van der Waals surface area contributed by atoms with E-state index < -0.39 is 21.0 Å². The third-order valence-corrected chi connectivity index (χ3v) is 4.76. The molecule has 22 heavy (non-hydrogen) atoms.